The normalized spacial score (nSPS) is 13.4. The molecule has 0 radical (unpaired) electrons. The number of nitrogens with one attached hydrogen (secondary N) is 1. The zero-order chi connectivity index (χ0) is 17.0. The number of Topliss-reactive ketones (excluding diaryl/α,β-unsaturated/α-hetero) is 1. The van der Waals surface area contributed by atoms with Crippen LogP contribution >= 0.6 is 11.6 Å². The van der Waals surface area contributed by atoms with E-state index in [2.05, 4.69) is 5.32 Å². The van der Waals surface area contributed by atoms with Gasteiger partial charge in [0.1, 0.15) is 0 Å². The average Bonchev–Trinajstić information content (AvgIpc) is 2.76. The molecule has 0 unspecified atom stereocenters. The van der Waals surface area contributed by atoms with Crippen LogP contribution in [0.1, 0.15) is 54.9 Å². The first-order valence-corrected chi connectivity index (χ1v) is 8.23. The molecule has 0 spiro atoms. The number of halogens is 1. The van der Waals surface area contributed by atoms with Gasteiger partial charge in [-0.05, 0) is 42.5 Å². The van der Waals surface area contributed by atoms with Gasteiger partial charge in [0.2, 0.25) is 11.7 Å². The maximum Gasteiger partial charge on any atom is 0.224 e. The summed E-state index contributed by atoms with van der Waals surface area (Å²) in [6, 6.07) is 2.59. The molecule has 2 rings (SSSR count). The number of amides is 1. The number of rotatable bonds is 7. The number of hydrogen-bond donors (Lipinski definition) is 3. The lowest BCUT2D eigenvalue weighted by atomic mass is 10.0. The van der Waals surface area contributed by atoms with E-state index in [1.54, 1.807) is 0 Å². The lowest BCUT2D eigenvalue weighted by molar-refractivity contribution is -0.120. The van der Waals surface area contributed by atoms with Crippen molar-refractivity contribution in [1.29, 1.82) is 0 Å². The van der Waals surface area contributed by atoms with E-state index in [-0.39, 0.29) is 34.4 Å². The summed E-state index contributed by atoms with van der Waals surface area (Å²) in [6.07, 6.45) is 3.14. The highest BCUT2D eigenvalue weighted by Gasteiger charge is 2.31. The van der Waals surface area contributed by atoms with Crippen molar-refractivity contribution in [3.05, 3.63) is 29.0 Å². The average molecular weight is 338 g/mol. The summed E-state index contributed by atoms with van der Waals surface area (Å²) in [5.41, 5.74) is 1.72. The van der Waals surface area contributed by atoms with Gasteiger partial charge in [-0.25, -0.2) is 0 Å². The van der Waals surface area contributed by atoms with Gasteiger partial charge in [0.25, 0.3) is 0 Å². The monoisotopic (exact) mass is 337 g/mol. The number of allylic oxidation sites excluding steroid dienone is 2. The first-order valence-electron chi connectivity index (χ1n) is 7.69. The van der Waals surface area contributed by atoms with Gasteiger partial charge >= 0.3 is 0 Å². The third kappa shape index (κ3) is 3.67. The number of phenolic OH excluding ortho intramolecular Hbond substituents is 2. The van der Waals surface area contributed by atoms with Crippen molar-refractivity contribution in [3.63, 3.8) is 0 Å². The second-order valence-electron chi connectivity index (χ2n) is 5.51. The Morgan fingerprint density at radius 2 is 1.83 bits per heavy atom. The van der Waals surface area contributed by atoms with E-state index in [1.807, 2.05) is 6.92 Å². The number of benzene rings is 1. The van der Waals surface area contributed by atoms with Gasteiger partial charge in [-0.3, -0.25) is 9.59 Å². The molecule has 0 saturated heterocycles. The van der Waals surface area contributed by atoms with Gasteiger partial charge in [0.05, 0.1) is 5.70 Å². The number of hydrogen-bond acceptors (Lipinski definition) is 4. The molecule has 5 nitrogen and oxygen atoms in total. The summed E-state index contributed by atoms with van der Waals surface area (Å²) in [6.45, 7) is 1.99. The first kappa shape index (κ1) is 17.3. The number of ketones is 1. The highest BCUT2D eigenvalue weighted by Crippen LogP contribution is 2.40. The minimum atomic E-state index is -0.354. The fraction of sp³-hybridized carbons (Fsp3) is 0.412. The fourth-order valence-corrected chi connectivity index (χ4v) is 2.73. The van der Waals surface area contributed by atoms with Gasteiger partial charge in [-0.15, -0.1) is 11.6 Å². The second-order valence-corrected chi connectivity index (χ2v) is 5.89. The van der Waals surface area contributed by atoms with Crippen LogP contribution in [0.3, 0.4) is 0 Å². The summed E-state index contributed by atoms with van der Waals surface area (Å²) in [4.78, 5) is 24.5. The second kappa shape index (κ2) is 7.51. The van der Waals surface area contributed by atoms with Crippen molar-refractivity contribution in [2.75, 3.05) is 5.88 Å². The number of alkyl halides is 1. The first-order chi connectivity index (χ1) is 11.0. The van der Waals surface area contributed by atoms with Crippen LogP contribution in [0.2, 0.25) is 0 Å². The number of aromatic hydroxyl groups is 2. The molecule has 1 aromatic carbocycles. The number of unbranched alkanes of at least 4 members (excludes halogenated alkanes) is 1. The van der Waals surface area contributed by atoms with Crippen LogP contribution in [-0.4, -0.2) is 27.8 Å². The number of carbonyl (C=O) groups excluding carboxylic acids is 2. The predicted molar refractivity (Wildman–Crippen MR) is 88.6 cm³/mol. The Labute approximate surface area is 140 Å². The van der Waals surface area contributed by atoms with E-state index >= 15 is 0 Å². The molecule has 0 bridgehead atoms. The molecule has 0 aromatic heterocycles. The van der Waals surface area contributed by atoms with E-state index < -0.39 is 0 Å². The number of carbonyl (C=O) groups is 2. The van der Waals surface area contributed by atoms with Crippen molar-refractivity contribution in [2.24, 2.45) is 0 Å². The maximum absolute atomic E-state index is 12.5. The van der Waals surface area contributed by atoms with Crippen LogP contribution in [-0.2, 0) is 4.79 Å². The number of fused-ring (bicyclic) bond motifs is 1. The van der Waals surface area contributed by atoms with Crippen molar-refractivity contribution < 1.29 is 19.8 Å². The largest absolute Gasteiger partial charge is 0.504 e. The molecule has 0 aliphatic heterocycles. The van der Waals surface area contributed by atoms with Crippen molar-refractivity contribution in [2.45, 2.75) is 39.0 Å². The summed E-state index contributed by atoms with van der Waals surface area (Å²) < 4.78 is 0. The van der Waals surface area contributed by atoms with Gasteiger partial charge in [0, 0.05) is 17.9 Å². The summed E-state index contributed by atoms with van der Waals surface area (Å²) in [5, 5.41) is 22.0. The molecule has 0 atom stereocenters. The number of phenols is 2. The lowest BCUT2D eigenvalue weighted by Crippen LogP contribution is -2.26. The molecule has 23 heavy (non-hydrogen) atoms. The fourth-order valence-electron chi connectivity index (χ4n) is 2.60. The maximum atomic E-state index is 12.5. The van der Waals surface area contributed by atoms with Crippen molar-refractivity contribution in [3.8, 4) is 11.5 Å². The van der Waals surface area contributed by atoms with E-state index in [9.17, 15) is 19.8 Å². The molecule has 6 heteroatoms. The molecule has 1 aliphatic rings. The Morgan fingerprint density at radius 1 is 1.17 bits per heavy atom. The molecule has 0 fully saturated rings. The lowest BCUT2D eigenvalue weighted by Gasteiger charge is -2.09. The molecule has 0 saturated carbocycles. The minimum Gasteiger partial charge on any atom is -0.504 e. The van der Waals surface area contributed by atoms with E-state index in [1.165, 1.54) is 12.1 Å². The molecular formula is C17H20ClNO4. The zero-order valence-electron chi connectivity index (χ0n) is 13.0. The molecular weight excluding hydrogens is 318 g/mol. The molecule has 124 valence electrons. The molecule has 0 heterocycles. The Bertz CT molecular complexity index is 667. The van der Waals surface area contributed by atoms with E-state index in [0.717, 1.165) is 12.8 Å². The van der Waals surface area contributed by atoms with E-state index in [4.69, 9.17) is 11.6 Å². The summed E-state index contributed by atoms with van der Waals surface area (Å²) >= 11 is 5.74. The third-order valence-electron chi connectivity index (χ3n) is 3.80. The summed E-state index contributed by atoms with van der Waals surface area (Å²) in [5.74, 6) is -0.774. The Balaban J connectivity index is 2.37. The van der Waals surface area contributed by atoms with Crippen molar-refractivity contribution in [1.82, 2.24) is 5.32 Å². The van der Waals surface area contributed by atoms with Crippen LogP contribution in [0.4, 0.5) is 0 Å². The minimum absolute atomic E-state index is 0.208. The third-order valence-corrected chi connectivity index (χ3v) is 4.06. The van der Waals surface area contributed by atoms with Crippen LogP contribution in [0.25, 0.3) is 5.57 Å². The summed E-state index contributed by atoms with van der Waals surface area (Å²) in [7, 11) is 0. The molecule has 1 aliphatic carbocycles. The van der Waals surface area contributed by atoms with Crippen LogP contribution < -0.4 is 5.32 Å². The Kier molecular flexibility index (Phi) is 5.66. The van der Waals surface area contributed by atoms with Gasteiger partial charge in [0.15, 0.2) is 11.5 Å². The van der Waals surface area contributed by atoms with Crippen LogP contribution in [0, 0.1) is 0 Å². The smallest absolute Gasteiger partial charge is 0.224 e. The van der Waals surface area contributed by atoms with Gasteiger partial charge in [-0.1, -0.05) is 13.3 Å². The van der Waals surface area contributed by atoms with Gasteiger partial charge in [-0.2, -0.15) is 0 Å². The van der Waals surface area contributed by atoms with Crippen molar-refractivity contribution >= 4 is 28.9 Å². The standard InChI is InChI=1S/C17H20ClNO4/c1-2-3-6-15(22)19-16-10(5-4-7-18)11-8-13(20)14(21)9-12(11)17(16)23/h8-9,20-21H,2-7H2,1H3,(H,19,22,23). The van der Waals surface area contributed by atoms with Gasteiger partial charge < -0.3 is 15.5 Å². The Morgan fingerprint density at radius 3 is 2.43 bits per heavy atom. The molecule has 1 amide bonds. The van der Waals surface area contributed by atoms with Crippen LogP contribution in [0.5, 0.6) is 11.5 Å². The predicted octanol–water partition coefficient (Wildman–Crippen LogP) is 3.33. The Hall–Kier alpha value is -2.01. The highest BCUT2D eigenvalue weighted by atomic mass is 35.5. The topological polar surface area (TPSA) is 86.6 Å². The van der Waals surface area contributed by atoms with E-state index in [0.29, 0.717) is 36.3 Å². The highest BCUT2D eigenvalue weighted by molar-refractivity contribution is 6.22. The quantitative estimate of drug-likeness (QED) is 0.526. The molecule has 1 aromatic rings. The molecule has 3 N–H and O–H groups in total. The van der Waals surface area contributed by atoms with Crippen LogP contribution in [0.15, 0.2) is 17.8 Å². The zero-order valence-corrected chi connectivity index (χ0v) is 13.7. The SMILES string of the molecule is CCCCC(=O)NC1=C(CCCCl)c2cc(O)c(O)cc2C1=O.